The van der Waals surface area contributed by atoms with Gasteiger partial charge in [-0.15, -0.1) is 5.10 Å². The van der Waals surface area contributed by atoms with Crippen LogP contribution in [-0.2, 0) is 13.0 Å². The number of benzene rings is 1. The van der Waals surface area contributed by atoms with Crippen LogP contribution in [0.1, 0.15) is 44.0 Å². The van der Waals surface area contributed by atoms with E-state index in [0.29, 0.717) is 23.3 Å². The van der Waals surface area contributed by atoms with Crippen molar-refractivity contribution >= 4 is 17.0 Å². The van der Waals surface area contributed by atoms with Gasteiger partial charge in [-0.05, 0) is 38.4 Å². The lowest BCUT2D eigenvalue weighted by molar-refractivity contribution is 0.237. The summed E-state index contributed by atoms with van der Waals surface area (Å²) in [5, 5.41) is 12.0. The average Bonchev–Trinajstić information content (AvgIpc) is 3.14. The number of hydrogen-bond donors (Lipinski definition) is 1. The van der Waals surface area contributed by atoms with Crippen molar-refractivity contribution in [2.45, 2.75) is 45.6 Å². The van der Waals surface area contributed by atoms with E-state index in [1.165, 1.54) is 38.4 Å². The van der Waals surface area contributed by atoms with Crippen LogP contribution in [0, 0.1) is 5.82 Å². The number of halogens is 1. The minimum absolute atomic E-state index is 0.251. The van der Waals surface area contributed by atoms with Crippen LogP contribution in [0.15, 0.2) is 24.3 Å². The highest BCUT2D eigenvalue weighted by molar-refractivity contribution is 5.82. The molecule has 7 nitrogen and oxygen atoms in total. The van der Waals surface area contributed by atoms with Gasteiger partial charge in [0.2, 0.25) is 0 Å². The van der Waals surface area contributed by atoms with Crippen LogP contribution in [0.5, 0.6) is 0 Å². The standard InChI is InChI=1S/C21H28FN7/c1-2-8-18-24-20(23-11-14-28-12-6-3-7-13-28)19-21(25-18)29(27-26-19)15-16-9-4-5-10-17(16)22/h4-5,9-10H,2-3,6-8,11-15H2,1H3,(H,23,24,25). The lowest BCUT2D eigenvalue weighted by atomic mass is 10.1. The number of anilines is 1. The van der Waals surface area contributed by atoms with E-state index in [-0.39, 0.29) is 5.82 Å². The molecule has 1 aliphatic heterocycles. The Kier molecular flexibility index (Phi) is 6.29. The van der Waals surface area contributed by atoms with Crippen molar-refractivity contribution in [1.29, 1.82) is 0 Å². The number of piperidine rings is 1. The summed E-state index contributed by atoms with van der Waals surface area (Å²) in [5.74, 6) is 1.23. The molecule has 0 atom stereocenters. The molecule has 3 heterocycles. The van der Waals surface area contributed by atoms with Crippen molar-refractivity contribution in [1.82, 2.24) is 29.9 Å². The van der Waals surface area contributed by atoms with Gasteiger partial charge in [0.05, 0.1) is 6.54 Å². The first-order chi connectivity index (χ1) is 14.2. The second-order valence-corrected chi connectivity index (χ2v) is 7.58. The fraction of sp³-hybridized carbons (Fsp3) is 0.524. The van der Waals surface area contributed by atoms with Gasteiger partial charge in [0.25, 0.3) is 0 Å². The molecule has 0 unspecified atom stereocenters. The molecule has 0 radical (unpaired) electrons. The molecule has 154 valence electrons. The predicted octanol–water partition coefficient (Wildman–Crippen LogP) is 3.26. The zero-order chi connectivity index (χ0) is 20.1. The van der Waals surface area contributed by atoms with E-state index in [9.17, 15) is 4.39 Å². The molecule has 1 fully saturated rings. The molecule has 0 saturated carbocycles. The quantitative estimate of drug-likeness (QED) is 0.629. The van der Waals surface area contributed by atoms with Gasteiger partial charge >= 0.3 is 0 Å². The highest BCUT2D eigenvalue weighted by Crippen LogP contribution is 2.20. The largest absolute Gasteiger partial charge is 0.367 e. The fourth-order valence-corrected chi connectivity index (χ4v) is 3.77. The third-order valence-corrected chi connectivity index (χ3v) is 5.33. The van der Waals surface area contributed by atoms with Crippen LogP contribution in [-0.4, -0.2) is 56.0 Å². The van der Waals surface area contributed by atoms with Crippen LogP contribution in [0.2, 0.25) is 0 Å². The smallest absolute Gasteiger partial charge is 0.184 e. The van der Waals surface area contributed by atoms with E-state index in [2.05, 4.69) is 37.4 Å². The monoisotopic (exact) mass is 397 g/mol. The minimum Gasteiger partial charge on any atom is -0.367 e. The maximum atomic E-state index is 14.1. The van der Waals surface area contributed by atoms with Gasteiger partial charge in [-0.3, -0.25) is 0 Å². The summed E-state index contributed by atoms with van der Waals surface area (Å²) < 4.78 is 15.8. The first-order valence-electron chi connectivity index (χ1n) is 10.5. The Balaban J connectivity index is 1.56. The molecule has 2 aromatic heterocycles. The van der Waals surface area contributed by atoms with Crippen LogP contribution in [0.4, 0.5) is 10.2 Å². The number of aromatic nitrogens is 5. The molecule has 29 heavy (non-hydrogen) atoms. The molecule has 0 aliphatic carbocycles. The van der Waals surface area contributed by atoms with Gasteiger partial charge in [-0.1, -0.05) is 36.8 Å². The number of fused-ring (bicyclic) bond motifs is 1. The van der Waals surface area contributed by atoms with Crippen molar-refractivity contribution < 1.29 is 4.39 Å². The van der Waals surface area contributed by atoms with E-state index in [4.69, 9.17) is 0 Å². The van der Waals surface area contributed by atoms with Gasteiger partial charge in [0.1, 0.15) is 11.6 Å². The summed E-state index contributed by atoms with van der Waals surface area (Å²) in [4.78, 5) is 11.8. The molecule has 0 spiro atoms. The second kappa shape index (κ2) is 9.26. The highest BCUT2D eigenvalue weighted by Gasteiger charge is 2.16. The van der Waals surface area contributed by atoms with E-state index < -0.39 is 0 Å². The molecule has 0 bridgehead atoms. The van der Waals surface area contributed by atoms with Crippen molar-refractivity contribution in [3.05, 3.63) is 41.5 Å². The minimum atomic E-state index is -0.251. The topological polar surface area (TPSA) is 71.8 Å². The molecule has 0 amide bonds. The van der Waals surface area contributed by atoms with Crippen molar-refractivity contribution in [3.63, 3.8) is 0 Å². The SMILES string of the molecule is CCCc1nc(NCCN2CCCCC2)c2nnn(Cc3ccccc3F)c2n1. The third kappa shape index (κ3) is 4.70. The van der Waals surface area contributed by atoms with Gasteiger partial charge in [-0.2, -0.15) is 0 Å². The van der Waals surface area contributed by atoms with Crippen molar-refractivity contribution in [2.75, 3.05) is 31.5 Å². The first-order valence-corrected chi connectivity index (χ1v) is 10.5. The Bertz CT molecular complexity index is 949. The van der Waals surface area contributed by atoms with Gasteiger partial charge in [-0.25, -0.2) is 19.0 Å². The Labute approximate surface area is 170 Å². The van der Waals surface area contributed by atoms with E-state index >= 15 is 0 Å². The molecular weight excluding hydrogens is 369 g/mol. The summed E-state index contributed by atoms with van der Waals surface area (Å²) >= 11 is 0. The molecule has 1 aromatic carbocycles. The predicted molar refractivity (Wildman–Crippen MR) is 111 cm³/mol. The van der Waals surface area contributed by atoms with E-state index in [1.807, 2.05) is 6.07 Å². The van der Waals surface area contributed by atoms with E-state index in [0.717, 1.165) is 37.6 Å². The van der Waals surface area contributed by atoms with Crippen LogP contribution in [0.3, 0.4) is 0 Å². The average molecular weight is 398 g/mol. The Morgan fingerprint density at radius 1 is 1.10 bits per heavy atom. The normalized spacial score (nSPS) is 15.1. The Hall–Kier alpha value is -2.61. The highest BCUT2D eigenvalue weighted by atomic mass is 19.1. The van der Waals surface area contributed by atoms with Gasteiger partial charge in [0, 0.05) is 25.1 Å². The number of aryl methyl sites for hydroxylation is 1. The molecule has 1 N–H and O–H groups in total. The molecule has 4 rings (SSSR count). The fourth-order valence-electron chi connectivity index (χ4n) is 3.77. The Morgan fingerprint density at radius 3 is 2.72 bits per heavy atom. The number of nitrogens with zero attached hydrogens (tertiary/aromatic N) is 6. The third-order valence-electron chi connectivity index (χ3n) is 5.33. The maximum Gasteiger partial charge on any atom is 0.184 e. The molecular formula is C21H28FN7. The van der Waals surface area contributed by atoms with Gasteiger partial charge in [0.15, 0.2) is 17.0 Å². The summed E-state index contributed by atoms with van der Waals surface area (Å²) in [6, 6.07) is 6.72. The second-order valence-electron chi connectivity index (χ2n) is 7.58. The van der Waals surface area contributed by atoms with E-state index in [1.54, 1.807) is 16.8 Å². The summed E-state index contributed by atoms with van der Waals surface area (Å²) in [6.45, 7) is 6.52. The molecule has 3 aromatic rings. The maximum absolute atomic E-state index is 14.1. The first kappa shape index (κ1) is 19.7. The molecule has 1 saturated heterocycles. The zero-order valence-corrected chi connectivity index (χ0v) is 16.9. The molecule has 8 heteroatoms. The Morgan fingerprint density at radius 2 is 1.93 bits per heavy atom. The van der Waals surface area contributed by atoms with Crippen LogP contribution < -0.4 is 5.32 Å². The summed E-state index contributed by atoms with van der Waals surface area (Å²) in [5.41, 5.74) is 1.85. The lowest BCUT2D eigenvalue weighted by Crippen LogP contribution is -2.33. The number of hydrogen-bond acceptors (Lipinski definition) is 6. The summed E-state index contributed by atoms with van der Waals surface area (Å²) in [7, 11) is 0. The summed E-state index contributed by atoms with van der Waals surface area (Å²) in [6.07, 6.45) is 5.63. The van der Waals surface area contributed by atoms with Crippen molar-refractivity contribution in [3.8, 4) is 0 Å². The number of nitrogens with one attached hydrogen (secondary N) is 1. The number of likely N-dealkylation sites (tertiary alicyclic amines) is 1. The van der Waals surface area contributed by atoms with Gasteiger partial charge < -0.3 is 10.2 Å². The lowest BCUT2D eigenvalue weighted by Gasteiger charge is -2.26. The van der Waals surface area contributed by atoms with Crippen LogP contribution >= 0.6 is 0 Å². The molecule has 1 aliphatic rings. The number of rotatable bonds is 8. The zero-order valence-electron chi connectivity index (χ0n) is 16.9. The van der Waals surface area contributed by atoms with Crippen molar-refractivity contribution in [2.24, 2.45) is 0 Å². The van der Waals surface area contributed by atoms with Crippen LogP contribution in [0.25, 0.3) is 11.2 Å².